The van der Waals surface area contributed by atoms with Crippen molar-refractivity contribution in [3.63, 3.8) is 0 Å². The van der Waals surface area contributed by atoms with Gasteiger partial charge in [0.15, 0.2) is 0 Å². The lowest BCUT2D eigenvalue weighted by Crippen LogP contribution is -2.35. The van der Waals surface area contributed by atoms with E-state index in [-0.39, 0.29) is 12.3 Å². The lowest BCUT2D eigenvalue weighted by atomic mass is 9.83. The molecule has 124 valence electrons. The Morgan fingerprint density at radius 1 is 1.22 bits per heavy atom. The van der Waals surface area contributed by atoms with Crippen LogP contribution in [0, 0.1) is 0 Å². The third kappa shape index (κ3) is 3.02. The van der Waals surface area contributed by atoms with Gasteiger partial charge in [0, 0.05) is 36.7 Å². The summed E-state index contributed by atoms with van der Waals surface area (Å²) in [6.07, 6.45) is 0.182. The SMILES string of the molecule is COC(=O)C1=C(C)N(C)C(=O)C[C@@H]1c1ccc(OC)cc1OC. The number of hydrogen-bond donors (Lipinski definition) is 0. The molecule has 1 aliphatic heterocycles. The number of benzene rings is 1. The predicted molar refractivity (Wildman–Crippen MR) is 84.4 cm³/mol. The summed E-state index contributed by atoms with van der Waals surface area (Å²) in [4.78, 5) is 26.0. The fraction of sp³-hybridized carbons (Fsp3) is 0.412. The number of carbonyl (C=O) groups is 2. The molecule has 0 aliphatic carbocycles. The van der Waals surface area contributed by atoms with E-state index in [0.29, 0.717) is 22.8 Å². The van der Waals surface area contributed by atoms with Gasteiger partial charge in [-0.15, -0.1) is 0 Å². The highest BCUT2D eigenvalue weighted by atomic mass is 16.5. The average molecular weight is 319 g/mol. The van der Waals surface area contributed by atoms with E-state index in [9.17, 15) is 9.59 Å². The van der Waals surface area contributed by atoms with E-state index in [0.717, 1.165) is 5.56 Å². The molecule has 1 heterocycles. The maximum Gasteiger partial charge on any atom is 0.336 e. The molecule has 6 heteroatoms. The molecule has 0 radical (unpaired) electrons. The van der Waals surface area contributed by atoms with Gasteiger partial charge in [-0.25, -0.2) is 4.79 Å². The zero-order chi connectivity index (χ0) is 17.1. The van der Waals surface area contributed by atoms with Crippen LogP contribution in [0.25, 0.3) is 0 Å². The largest absolute Gasteiger partial charge is 0.497 e. The van der Waals surface area contributed by atoms with Crippen molar-refractivity contribution in [2.75, 3.05) is 28.4 Å². The van der Waals surface area contributed by atoms with Gasteiger partial charge >= 0.3 is 5.97 Å². The maximum atomic E-state index is 12.3. The summed E-state index contributed by atoms with van der Waals surface area (Å²) in [5.41, 5.74) is 1.82. The van der Waals surface area contributed by atoms with Gasteiger partial charge in [-0.2, -0.15) is 0 Å². The van der Waals surface area contributed by atoms with Crippen molar-refractivity contribution in [2.24, 2.45) is 0 Å². The summed E-state index contributed by atoms with van der Waals surface area (Å²) < 4.78 is 15.5. The molecule has 2 rings (SSSR count). The molecular weight excluding hydrogens is 298 g/mol. The molecule has 0 saturated heterocycles. The van der Waals surface area contributed by atoms with Crippen molar-refractivity contribution >= 4 is 11.9 Å². The fourth-order valence-electron chi connectivity index (χ4n) is 2.81. The predicted octanol–water partition coefficient (Wildman–Crippen LogP) is 2.10. The summed E-state index contributed by atoms with van der Waals surface area (Å²) in [6.45, 7) is 1.74. The summed E-state index contributed by atoms with van der Waals surface area (Å²) >= 11 is 0. The molecule has 1 aromatic carbocycles. The van der Waals surface area contributed by atoms with Crippen LogP contribution in [0.4, 0.5) is 0 Å². The standard InChI is InChI=1S/C17H21NO5/c1-10-16(17(20)23-5)13(9-15(19)18(10)2)12-7-6-11(21-3)8-14(12)22-4/h6-8,13H,9H2,1-5H3/t13-/m1/s1. The van der Waals surface area contributed by atoms with Gasteiger partial charge in [0.2, 0.25) is 5.91 Å². The molecule has 1 atom stereocenters. The van der Waals surface area contributed by atoms with E-state index in [2.05, 4.69) is 0 Å². The van der Waals surface area contributed by atoms with Crippen LogP contribution in [0.5, 0.6) is 11.5 Å². The van der Waals surface area contributed by atoms with Gasteiger partial charge in [-0.05, 0) is 13.0 Å². The quantitative estimate of drug-likeness (QED) is 0.795. The molecule has 0 saturated carbocycles. The van der Waals surface area contributed by atoms with Crippen molar-refractivity contribution in [1.29, 1.82) is 0 Å². The zero-order valence-electron chi connectivity index (χ0n) is 14.0. The van der Waals surface area contributed by atoms with Crippen molar-refractivity contribution < 1.29 is 23.8 Å². The molecule has 1 amide bonds. The van der Waals surface area contributed by atoms with Crippen molar-refractivity contribution in [3.8, 4) is 11.5 Å². The topological polar surface area (TPSA) is 65.1 Å². The molecule has 1 aliphatic rings. The third-order valence-corrected chi connectivity index (χ3v) is 4.22. The lowest BCUT2D eigenvalue weighted by Gasteiger charge is -2.32. The summed E-state index contributed by atoms with van der Waals surface area (Å²) in [7, 11) is 6.10. The number of ether oxygens (including phenoxy) is 3. The highest BCUT2D eigenvalue weighted by molar-refractivity contribution is 5.95. The first-order valence-corrected chi connectivity index (χ1v) is 7.22. The second kappa shape index (κ2) is 6.73. The van der Waals surface area contributed by atoms with Gasteiger partial charge in [-0.1, -0.05) is 6.07 Å². The minimum absolute atomic E-state index is 0.0574. The van der Waals surface area contributed by atoms with E-state index >= 15 is 0 Å². The second-order valence-corrected chi connectivity index (χ2v) is 5.31. The Kier molecular flexibility index (Phi) is 4.93. The summed E-state index contributed by atoms with van der Waals surface area (Å²) in [5.74, 6) is 0.306. The van der Waals surface area contributed by atoms with Gasteiger partial charge in [0.25, 0.3) is 0 Å². The molecule has 6 nitrogen and oxygen atoms in total. The average Bonchev–Trinajstić information content (AvgIpc) is 2.58. The number of esters is 1. The number of hydrogen-bond acceptors (Lipinski definition) is 5. The normalized spacial score (nSPS) is 18.0. The summed E-state index contributed by atoms with van der Waals surface area (Å²) in [5, 5.41) is 0. The molecule has 0 bridgehead atoms. The Bertz CT molecular complexity index is 665. The van der Waals surface area contributed by atoms with Crippen LogP contribution in [-0.4, -0.2) is 45.2 Å². The Hall–Kier alpha value is -2.50. The number of carbonyl (C=O) groups excluding carboxylic acids is 2. The molecule has 0 aromatic heterocycles. The first kappa shape index (κ1) is 16.9. The Labute approximate surface area is 135 Å². The van der Waals surface area contributed by atoms with Crippen LogP contribution in [0.3, 0.4) is 0 Å². The van der Waals surface area contributed by atoms with Crippen LogP contribution in [0.2, 0.25) is 0 Å². The van der Waals surface area contributed by atoms with Crippen LogP contribution in [0.15, 0.2) is 29.5 Å². The minimum atomic E-state index is -0.440. The highest BCUT2D eigenvalue weighted by Gasteiger charge is 2.36. The van der Waals surface area contributed by atoms with Gasteiger partial charge in [-0.3, -0.25) is 4.79 Å². The lowest BCUT2D eigenvalue weighted by molar-refractivity contribution is -0.137. The van der Waals surface area contributed by atoms with Gasteiger partial charge in [0.1, 0.15) is 11.5 Å². The van der Waals surface area contributed by atoms with E-state index in [1.807, 2.05) is 6.07 Å². The fourth-order valence-corrected chi connectivity index (χ4v) is 2.81. The van der Waals surface area contributed by atoms with Crippen LogP contribution < -0.4 is 9.47 Å². The van der Waals surface area contributed by atoms with E-state index < -0.39 is 11.9 Å². The van der Waals surface area contributed by atoms with Crippen molar-refractivity contribution in [1.82, 2.24) is 4.90 Å². The third-order valence-electron chi connectivity index (χ3n) is 4.22. The molecular formula is C17H21NO5. The van der Waals surface area contributed by atoms with E-state index in [4.69, 9.17) is 14.2 Å². The maximum absolute atomic E-state index is 12.3. The molecule has 0 spiro atoms. The molecule has 23 heavy (non-hydrogen) atoms. The molecule has 1 aromatic rings. The van der Waals surface area contributed by atoms with Gasteiger partial charge < -0.3 is 19.1 Å². The minimum Gasteiger partial charge on any atom is -0.497 e. The Morgan fingerprint density at radius 2 is 1.91 bits per heavy atom. The number of nitrogens with zero attached hydrogens (tertiary/aromatic N) is 1. The smallest absolute Gasteiger partial charge is 0.336 e. The number of allylic oxidation sites excluding steroid dienone is 1. The first-order valence-electron chi connectivity index (χ1n) is 7.22. The second-order valence-electron chi connectivity index (χ2n) is 5.31. The van der Waals surface area contributed by atoms with Crippen molar-refractivity contribution in [2.45, 2.75) is 19.3 Å². The number of methoxy groups -OCH3 is 3. The highest BCUT2D eigenvalue weighted by Crippen LogP contribution is 2.41. The first-order chi connectivity index (χ1) is 10.9. The van der Waals surface area contributed by atoms with Gasteiger partial charge in [0.05, 0.1) is 26.9 Å². The van der Waals surface area contributed by atoms with E-state index in [1.165, 1.54) is 12.0 Å². The molecule has 0 N–H and O–H groups in total. The molecule has 0 unspecified atom stereocenters. The van der Waals surface area contributed by atoms with Crippen LogP contribution in [0.1, 0.15) is 24.8 Å². The summed E-state index contributed by atoms with van der Waals surface area (Å²) in [6, 6.07) is 5.34. The van der Waals surface area contributed by atoms with Crippen molar-refractivity contribution in [3.05, 3.63) is 35.0 Å². The monoisotopic (exact) mass is 319 g/mol. The molecule has 0 fully saturated rings. The van der Waals surface area contributed by atoms with E-state index in [1.54, 1.807) is 40.3 Å². The number of rotatable bonds is 4. The van der Waals surface area contributed by atoms with Crippen LogP contribution in [-0.2, 0) is 14.3 Å². The number of amides is 1. The van der Waals surface area contributed by atoms with Crippen LogP contribution >= 0.6 is 0 Å². The Morgan fingerprint density at radius 3 is 2.48 bits per heavy atom. The Balaban J connectivity index is 2.60. The zero-order valence-corrected chi connectivity index (χ0v) is 14.0.